The molecule has 0 bridgehead atoms. The second kappa shape index (κ2) is 10.6. The van der Waals surface area contributed by atoms with Gasteiger partial charge in [0.15, 0.2) is 11.5 Å². The summed E-state index contributed by atoms with van der Waals surface area (Å²) in [6.07, 6.45) is 1.39. The molecule has 9 heteroatoms. The van der Waals surface area contributed by atoms with E-state index >= 15 is 0 Å². The van der Waals surface area contributed by atoms with Gasteiger partial charge in [-0.1, -0.05) is 53.5 Å². The number of carbonyl (C=O) groups is 3. The van der Waals surface area contributed by atoms with Crippen molar-refractivity contribution in [2.24, 2.45) is 0 Å². The Labute approximate surface area is 211 Å². The number of nitrogens with one attached hydrogen (secondary N) is 1. The Morgan fingerprint density at radius 2 is 1.71 bits per heavy atom. The minimum Gasteiger partial charge on any atom is -0.490 e. The highest BCUT2D eigenvalue weighted by atomic mass is 35.5. The summed E-state index contributed by atoms with van der Waals surface area (Å²) in [5.41, 5.74) is 1.35. The van der Waals surface area contributed by atoms with Gasteiger partial charge in [-0.25, -0.2) is 9.69 Å². The maximum Gasteiger partial charge on any atom is 0.335 e. The number of carbonyl (C=O) groups excluding carboxylic acids is 3. The van der Waals surface area contributed by atoms with Gasteiger partial charge in [0, 0.05) is 5.02 Å². The van der Waals surface area contributed by atoms with Crippen LogP contribution in [0.2, 0.25) is 10.0 Å². The molecule has 1 heterocycles. The highest BCUT2D eigenvalue weighted by Crippen LogP contribution is 2.32. The summed E-state index contributed by atoms with van der Waals surface area (Å²) in [5, 5.41) is 2.99. The maximum atomic E-state index is 13.1. The topological polar surface area (TPSA) is 84.9 Å². The summed E-state index contributed by atoms with van der Waals surface area (Å²) >= 11 is 12.2. The Bertz CT molecular complexity index is 1340. The third-order valence-electron chi connectivity index (χ3n) is 5.06. The molecule has 0 aliphatic carbocycles. The minimum absolute atomic E-state index is 0.176. The van der Waals surface area contributed by atoms with Crippen LogP contribution in [0.3, 0.4) is 0 Å². The largest absolute Gasteiger partial charge is 0.490 e. The predicted molar refractivity (Wildman–Crippen MR) is 134 cm³/mol. The molecular weight excluding hydrogens is 491 g/mol. The van der Waals surface area contributed by atoms with E-state index in [-0.39, 0.29) is 22.9 Å². The van der Waals surface area contributed by atoms with Crippen LogP contribution >= 0.6 is 23.2 Å². The van der Waals surface area contributed by atoms with E-state index in [1.807, 2.05) is 19.1 Å². The average molecular weight is 511 g/mol. The zero-order chi connectivity index (χ0) is 24.9. The highest BCUT2D eigenvalue weighted by molar-refractivity contribution is 6.42. The third-order valence-corrected chi connectivity index (χ3v) is 5.61. The molecule has 1 saturated heterocycles. The van der Waals surface area contributed by atoms with E-state index in [1.54, 1.807) is 48.5 Å². The molecule has 35 heavy (non-hydrogen) atoms. The normalized spacial score (nSPS) is 14.8. The van der Waals surface area contributed by atoms with Crippen LogP contribution in [0.4, 0.5) is 10.5 Å². The number of anilines is 1. The van der Waals surface area contributed by atoms with E-state index in [9.17, 15) is 14.4 Å². The van der Waals surface area contributed by atoms with Crippen LogP contribution in [0.5, 0.6) is 11.5 Å². The number of nitrogens with zero attached hydrogens (tertiary/aromatic N) is 1. The lowest BCUT2D eigenvalue weighted by molar-refractivity contribution is -0.122. The Morgan fingerprint density at radius 3 is 2.46 bits per heavy atom. The smallest absolute Gasteiger partial charge is 0.335 e. The van der Waals surface area contributed by atoms with Gasteiger partial charge in [-0.3, -0.25) is 14.9 Å². The second-order valence-electron chi connectivity index (χ2n) is 7.47. The number of benzene rings is 3. The van der Waals surface area contributed by atoms with Gasteiger partial charge in [-0.05, 0) is 60.5 Å². The zero-order valence-corrected chi connectivity index (χ0v) is 20.1. The lowest BCUT2D eigenvalue weighted by Crippen LogP contribution is -2.54. The molecule has 1 N–H and O–H groups in total. The van der Waals surface area contributed by atoms with Gasteiger partial charge in [-0.2, -0.15) is 0 Å². The fourth-order valence-electron chi connectivity index (χ4n) is 3.47. The number of rotatable bonds is 7. The first-order valence-electron chi connectivity index (χ1n) is 10.7. The summed E-state index contributed by atoms with van der Waals surface area (Å²) in [4.78, 5) is 38.9. The van der Waals surface area contributed by atoms with E-state index < -0.39 is 17.8 Å². The first-order chi connectivity index (χ1) is 16.9. The van der Waals surface area contributed by atoms with Crippen molar-refractivity contribution < 1.29 is 23.9 Å². The summed E-state index contributed by atoms with van der Waals surface area (Å²) in [5.74, 6) is -0.665. The Morgan fingerprint density at radius 1 is 0.914 bits per heavy atom. The number of hydrogen-bond donors (Lipinski definition) is 1. The Balaban J connectivity index is 1.62. The van der Waals surface area contributed by atoms with Gasteiger partial charge in [0.2, 0.25) is 0 Å². The number of hydrogen-bond acceptors (Lipinski definition) is 5. The van der Waals surface area contributed by atoms with Crippen LogP contribution in [-0.2, 0) is 16.2 Å². The molecular formula is C26H20Cl2N2O5. The summed E-state index contributed by atoms with van der Waals surface area (Å²) in [6, 6.07) is 17.8. The van der Waals surface area contributed by atoms with Crippen LogP contribution < -0.4 is 19.7 Å². The third kappa shape index (κ3) is 5.48. The van der Waals surface area contributed by atoms with Crippen molar-refractivity contribution in [3.63, 3.8) is 0 Å². The van der Waals surface area contributed by atoms with E-state index in [2.05, 4.69) is 5.32 Å². The van der Waals surface area contributed by atoms with Crippen molar-refractivity contribution in [1.29, 1.82) is 0 Å². The predicted octanol–water partition coefficient (Wildman–Crippen LogP) is 5.64. The zero-order valence-electron chi connectivity index (χ0n) is 18.6. The Hall–Kier alpha value is -3.81. The number of halogens is 2. The molecule has 0 aromatic heterocycles. The molecule has 0 unspecified atom stereocenters. The average Bonchev–Trinajstić information content (AvgIpc) is 2.82. The van der Waals surface area contributed by atoms with E-state index in [0.29, 0.717) is 28.7 Å². The number of ether oxygens (including phenoxy) is 2. The van der Waals surface area contributed by atoms with Crippen LogP contribution in [-0.4, -0.2) is 24.5 Å². The van der Waals surface area contributed by atoms with Crippen LogP contribution in [0.1, 0.15) is 18.1 Å². The molecule has 0 saturated carbocycles. The van der Waals surface area contributed by atoms with Crippen LogP contribution in [0, 0.1) is 0 Å². The van der Waals surface area contributed by atoms with Gasteiger partial charge < -0.3 is 9.47 Å². The molecule has 7 nitrogen and oxygen atoms in total. The van der Waals surface area contributed by atoms with Gasteiger partial charge in [0.25, 0.3) is 11.8 Å². The fourth-order valence-corrected chi connectivity index (χ4v) is 3.90. The lowest BCUT2D eigenvalue weighted by atomic mass is 10.1. The summed E-state index contributed by atoms with van der Waals surface area (Å²) < 4.78 is 11.6. The molecule has 0 radical (unpaired) electrons. The number of imide groups is 2. The fraction of sp³-hybridized carbons (Fsp3) is 0.115. The quantitative estimate of drug-likeness (QED) is 0.328. The first-order valence-corrected chi connectivity index (χ1v) is 11.4. The monoisotopic (exact) mass is 510 g/mol. The molecule has 4 rings (SSSR count). The van der Waals surface area contributed by atoms with Crippen molar-refractivity contribution in [1.82, 2.24) is 5.32 Å². The minimum atomic E-state index is -0.870. The molecule has 0 spiro atoms. The van der Waals surface area contributed by atoms with Crippen molar-refractivity contribution >= 4 is 52.8 Å². The van der Waals surface area contributed by atoms with Crippen LogP contribution in [0.25, 0.3) is 6.08 Å². The summed E-state index contributed by atoms with van der Waals surface area (Å²) in [7, 11) is 0. The number of amides is 4. The van der Waals surface area contributed by atoms with Gasteiger partial charge in [0.05, 0.1) is 17.3 Å². The SMILES string of the molecule is CCOc1cc(/C=C2\C(=O)NC(=O)N(c3ccccc3Cl)C2=O)ccc1OCc1cccc(Cl)c1. The maximum absolute atomic E-state index is 13.1. The van der Waals surface area contributed by atoms with Crippen molar-refractivity contribution in [3.05, 3.63) is 93.5 Å². The van der Waals surface area contributed by atoms with Crippen LogP contribution in [0.15, 0.2) is 72.3 Å². The van der Waals surface area contributed by atoms with E-state index in [4.69, 9.17) is 32.7 Å². The summed E-state index contributed by atoms with van der Waals surface area (Å²) in [6.45, 7) is 2.48. The molecule has 1 fully saturated rings. The number of barbiturate groups is 1. The molecule has 4 amide bonds. The van der Waals surface area contributed by atoms with Gasteiger partial charge >= 0.3 is 6.03 Å². The van der Waals surface area contributed by atoms with E-state index in [1.165, 1.54) is 12.1 Å². The Kier molecular flexibility index (Phi) is 7.39. The molecule has 3 aromatic rings. The van der Waals surface area contributed by atoms with Crippen molar-refractivity contribution in [2.45, 2.75) is 13.5 Å². The number of para-hydroxylation sites is 1. The van der Waals surface area contributed by atoms with E-state index in [0.717, 1.165) is 10.5 Å². The standard InChI is InChI=1S/C26H20Cl2N2O5/c1-2-34-23-14-16(10-11-22(23)35-15-17-6-5-7-18(27)12-17)13-19-24(31)29-26(33)30(25(19)32)21-9-4-3-8-20(21)28/h3-14H,2,15H2,1H3,(H,29,31,33)/b19-13+. The van der Waals surface area contributed by atoms with Gasteiger partial charge in [0.1, 0.15) is 12.2 Å². The molecule has 3 aromatic carbocycles. The second-order valence-corrected chi connectivity index (χ2v) is 8.31. The lowest BCUT2D eigenvalue weighted by Gasteiger charge is -2.27. The van der Waals surface area contributed by atoms with Crippen molar-refractivity contribution in [2.75, 3.05) is 11.5 Å². The molecule has 178 valence electrons. The molecule has 0 atom stereocenters. The number of urea groups is 1. The first kappa shape index (κ1) is 24.3. The molecule has 1 aliphatic heterocycles. The highest BCUT2D eigenvalue weighted by Gasteiger charge is 2.37. The van der Waals surface area contributed by atoms with Gasteiger partial charge in [-0.15, -0.1) is 0 Å². The van der Waals surface area contributed by atoms with Crippen molar-refractivity contribution in [3.8, 4) is 11.5 Å². The molecule has 1 aliphatic rings.